The number of aromatic nitrogens is 3. The molecule has 0 saturated carbocycles. The number of pyridine rings is 1. The van der Waals surface area contributed by atoms with Gasteiger partial charge in [-0.3, -0.25) is 9.78 Å². The molecule has 100 valence electrons. The van der Waals surface area contributed by atoms with Crippen molar-refractivity contribution in [2.24, 2.45) is 0 Å². The van der Waals surface area contributed by atoms with Crippen molar-refractivity contribution in [3.05, 3.63) is 42.0 Å². The summed E-state index contributed by atoms with van der Waals surface area (Å²) in [4.78, 5) is 15.3. The molecule has 0 bridgehead atoms. The molecule has 0 aliphatic rings. The van der Waals surface area contributed by atoms with Gasteiger partial charge < -0.3 is 0 Å². The Hall–Kier alpha value is -2.18. The lowest BCUT2D eigenvalue weighted by molar-refractivity contribution is -0.141. The van der Waals surface area contributed by atoms with Crippen LogP contribution in [0.5, 0.6) is 0 Å². The maximum absolute atomic E-state index is 12.4. The van der Waals surface area contributed by atoms with E-state index in [0.717, 1.165) is 10.7 Å². The van der Waals surface area contributed by atoms with Crippen LogP contribution in [0.2, 0.25) is 0 Å². The minimum atomic E-state index is -4.48. The number of Topliss-reactive ketones (excluding diaryl/α,β-unsaturated/α-hetero) is 1. The summed E-state index contributed by atoms with van der Waals surface area (Å²) in [5.41, 5.74) is -0.321. The first kappa shape index (κ1) is 13.3. The number of rotatable bonds is 3. The van der Waals surface area contributed by atoms with Crippen LogP contribution in [0.15, 0.2) is 30.6 Å². The molecule has 0 atom stereocenters. The highest BCUT2D eigenvalue weighted by Crippen LogP contribution is 2.27. The third-order valence-electron chi connectivity index (χ3n) is 2.50. The normalized spacial score (nSPS) is 11.6. The first-order valence-electron chi connectivity index (χ1n) is 5.54. The lowest BCUT2D eigenvalue weighted by Gasteiger charge is -2.03. The highest BCUT2D eigenvalue weighted by molar-refractivity contribution is 5.93. The zero-order valence-corrected chi connectivity index (χ0v) is 9.98. The van der Waals surface area contributed by atoms with Gasteiger partial charge in [0, 0.05) is 12.6 Å². The van der Waals surface area contributed by atoms with Gasteiger partial charge in [-0.1, -0.05) is 6.92 Å². The molecule has 2 heterocycles. The number of nitrogens with zero attached hydrogens (tertiary/aromatic N) is 3. The summed E-state index contributed by atoms with van der Waals surface area (Å²) >= 11 is 0. The van der Waals surface area contributed by atoms with E-state index in [1.165, 1.54) is 24.5 Å². The van der Waals surface area contributed by atoms with E-state index in [1.807, 2.05) is 0 Å². The molecule has 19 heavy (non-hydrogen) atoms. The average Bonchev–Trinajstić information content (AvgIpc) is 2.87. The standard InChI is InChI=1S/C12H10F3N3O/c1-2-10(19)9-4-3-8(7-16-9)18-6-5-11(17-18)12(13,14)15/h3-7H,2H2,1H3. The molecule has 0 unspecified atom stereocenters. The van der Waals surface area contributed by atoms with Gasteiger partial charge in [0.25, 0.3) is 0 Å². The number of ketones is 1. The monoisotopic (exact) mass is 269 g/mol. The van der Waals surface area contributed by atoms with Crippen molar-refractivity contribution in [3.63, 3.8) is 0 Å². The van der Waals surface area contributed by atoms with E-state index in [-0.39, 0.29) is 11.5 Å². The molecule has 0 aliphatic carbocycles. The highest BCUT2D eigenvalue weighted by Gasteiger charge is 2.33. The van der Waals surface area contributed by atoms with E-state index in [4.69, 9.17) is 0 Å². The molecule has 7 heteroatoms. The van der Waals surface area contributed by atoms with Crippen molar-refractivity contribution in [2.75, 3.05) is 0 Å². The maximum atomic E-state index is 12.4. The number of halogens is 3. The van der Waals surface area contributed by atoms with Gasteiger partial charge in [0.1, 0.15) is 5.69 Å². The Morgan fingerprint density at radius 3 is 2.53 bits per heavy atom. The Labute approximate surface area is 106 Å². The fourth-order valence-electron chi connectivity index (χ4n) is 1.49. The Morgan fingerprint density at radius 1 is 1.32 bits per heavy atom. The lowest BCUT2D eigenvalue weighted by atomic mass is 10.2. The second kappa shape index (κ2) is 4.83. The maximum Gasteiger partial charge on any atom is 0.435 e. The molecule has 0 aliphatic heterocycles. The Morgan fingerprint density at radius 2 is 2.05 bits per heavy atom. The van der Waals surface area contributed by atoms with Crippen molar-refractivity contribution >= 4 is 5.78 Å². The van der Waals surface area contributed by atoms with E-state index >= 15 is 0 Å². The summed E-state index contributed by atoms with van der Waals surface area (Å²) in [6, 6.07) is 3.85. The highest BCUT2D eigenvalue weighted by atomic mass is 19.4. The van der Waals surface area contributed by atoms with E-state index in [2.05, 4.69) is 10.1 Å². The van der Waals surface area contributed by atoms with E-state index in [0.29, 0.717) is 12.1 Å². The van der Waals surface area contributed by atoms with Gasteiger partial charge in [-0.15, -0.1) is 0 Å². The summed E-state index contributed by atoms with van der Waals surface area (Å²) in [6.45, 7) is 1.71. The van der Waals surface area contributed by atoms with Crippen LogP contribution in [0.3, 0.4) is 0 Å². The zero-order valence-electron chi connectivity index (χ0n) is 9.98. The summed E-state index contributed by atoms with van der Waals surface area (Å²) in [5.74, 6) is -0.122. The number of hydrogen-bond donors (Lipinski definition) is 0. The number of hydrogen-bond acceptors (Lipinski definition) is 3. The smallest absolute Gasteiger partial charge is 0.292 e. The van der Waals surface area contributed by atoms with Crippen LogP contribution >= 0.6 is 0 Å². The quantitative estimate of drug-likeness (QED) is 0.805. The van der Waals surface area contributed by atoms with Gasteiger partial charge in [0.2, 0.25) is 0 Å². The molecular weight excluding hydrogens is 259 g/mol. The average molecular weight is 269 g/mol. The van der Waals surface area contributed by atoms with E-state index in [9.17, 15) is 18.0 Å². The number of carbonyl (C=O) groups is 1. The first-order valence-corrected chi connectivity index (χ1v) is 5.54. The van der Waals surface area contributed by atoms with Crippen LogP contribution in [-0.2, 0) is 6.18 Å². The largest absolute Gasteiger partial charge is 0.435 e. The molecule has 2 rings (SSSR count). The van der Waals surface area contributed by atoms with Gasteiger partial charge in [-0.2, -0.15) is 18.3 Å². The van der Waals surface area contributed by atoms with Gasteiger partial charge in [-0.25, -0.2) is 4.68 Å². The van der Waals surface area contributed by atoms with Gasteiger partial charge in [-0.05, 0) is 18.2 Å². The zero-order chi connectivity index (χ0) is 14.0. The second-order valence-electron chi connectivity index (χ2n) is 3.82. The molecule has 0 N–H and O–H groups in total. The van der Waals surface area contributed by atoms with Crippen LogP contribution in [0.4, 0.5) is 13.2 Å². The summed E-state index contributed by atoms with van der Waals surface area (Å²) in [5, 5.41) is 3.41. The van der Waals surface area contributed by atoms with Crippen molar-refractivity contribution < 1.29 is 18.0 Å². The molecule has 4 nitrogen and oxygen atoms in total. The van der Waals surface area contributed by atoms with Gasteiger partial charge in [0.05, 0.1) is 11.9 Å². The topological polar surface area (TPSA) is 47.8 Å². The molecule has 2 aromatic heterocycles. The Kier molecular flexibility index (Phi) is 3.37. The van der Waals surface area contributed by atoms with Crippen LogP contribution in [0, 0.1) is 0 Å². The van der Waals surface area contributed by atoms with Gasteiger partial charge in [0.15, 0.2) is 11.5 Å². The number of carbonyl (C=O) groups excluding carboxylic acids is 1. The van der Waals surface area contributed by atoms with Crippen LogP contribution in [0.1, 0.15) is 29.5 Å². The summed E-state index contributed by atoms with van der Waals surface area (Å²) < 4.78 is 38.3. The first-order chi connectivity index (χ1) is 8.91. The summed E-state index contributed by atoms with van der Waals surface area (Å²) in [6.07, 6.45) is -1.64. The molecule has 0 radical (unpaired) electrons. The van der Waals surface area contributed by atoms with Crippen molar-refractivity contribution in [2.45, 2.75) is 19.5 Å². The molecule has 0 saturated heterocycles. The van der Waals surface area contributed by atoms with Crippen molar-refractivity contribution in [1.82, 2.24) is 14.8 Å². The van der Waals surface area contributed by atoms with Gasteiger partial charge >= 0.3 is 6.18 Å². The van der Waals surface area contributed by atoms with Crippen molar-refractivity contribution in [3.8, 4) is 5.69 Å². The fourth-order valence-corrected chi connectivity index (χ4v) is 1.49. The predicted molar refractivity (Wildman–Crippen MR) is 61.0 cm³/mol. The Balaban J connectivity index is 2.28. The molecule has 2 aromatic rings. The third-order valence-corrected chi connectivity index (χ3v) is 2.50. The minimum absolute atomic E-state index is 0.122. The molecule has 0 spiro atoms. The lowest BCUT2D eigenvalue weighted by Crippen LogP contribution is -2.07. The summed E-state index contributed by atoms with van der Waals surface area (Å²) in [7, 11) is 0. The molecular formula is C12H10F3N3O. The fraction of sp³-hybridized carbons (Fsp3) is 0.250. The van der Waals surface area contributed by atoms with E-state index in [1.54, 1.807) is 6.92 Å². The Bertz CT molecular complexity index is 587. The molecule has 0 amide bonds. The minimum Gasteiger partial charge on any atom is -0.292 e. The van der Waals surface area contributed by atoms with Crippen LogP contribution in [0.25, 0.3) is 5.69 Å². The van der Waals surface area contributed by atoms with Crippen LogP contribution < -0.4 is 0 Å². The number of alkyl halides is 3. The second-order valence-corrected chi connectivity index (χ2v) is 3.82. The third kappa shape index (κ3) is 2.81. The SMILES string of the molecule is CCC(=O)c1ccc(-n2ccc(C(F)(F)F)n2)cn1. The predicted octanol–water partition coefficient (Wildman–Crippen LogP) is 2.88. The molecule has 0 aromatic carbocycles. The molecule has 0 fully saturated rings. The van der Waals surface area contributed by atoms with E-state index < -0.39 is 11.9 Å². The van der Waals surface area contributed by atoms with Crippen molar-refractivity contribution in [1.29, 1.82) is 0 Å². The van der Waals surface area contributed by atoms with Crippen LogP contribution in [-0.4, -0.2) is 20.5 Å².